The molecule has 1 N–H and O–H groups in total. The minimum absolute atomic E-state index is 0.0262. The first-order valence-electron chi connectivity index (χ1n) is 10.6. The third kappa shape index (κ3) is 5.94. The van der Waals surface area contributed by atoms with Gasteiger partial charge in [0.25, 0.3) is 0 Å². The smallest absolute Gasteiger partial charge is 0.243 e. The van der Waals surface area contributed by atoms with Crippen LogP contribution in [0.15, 0.2) is 46.7 Å². The zero-order valence-corrected chi connectivity index (χ0v) is 20.3. The number of hydrogen-bond acceptors (Lipinski definition) is 6. The molecule has 1 aromatic carbocycles. The third-order valence-electron chi connectivity index (χ3n) is 5.31. The van der Waals surface area contributed by atoms with Gasteiger partial charge in [-0.3, -0.25) is 0 Å². The predicted molar refractivity (Wildman–Crippen MR) is 122 cm³/mol. The van der Waals surface area contributed by atoms with Gasteiger partial charge >= 0.3 is 0 Å². The molecule has 0 aliphatic carbocycles. The first kappa shape index (κ1) is 24.4. The second kappa shape index (κ2) is 10.1. The molecule has 1 atom stereocenters. The van der Waals surface area contributed by atoms with Crippen LogP contribution >= 0.6 is 11.3 Å². The highest BCUT2D eigenvalue weighted by atomic mass is 32.2. The molecule has 1 unspecified atom stereocenters. The predicted octanol–water partition coefficient (Wildman–Crippen LogP) is 4.59. The van der Waals surface area contributed by atoms with Crippen LogP contribution in [0.5, 0.6) is 0 Å². The number of aliphatic hydroxyl groups is 1. The van der Waals surface area contributed by atoms with Crippen molar-refractivity contribution in [2.45, 2.75) is 51.3 Å². The van der Waals surface area contributed by atoms with E-state index in [-0.39, 0.29) is 16.9 Å². The van der Waals surface area contributed by atoms with E-state index in [4.69, 9.17) is 9.47 Å². The first-order valence-corrected chi connectivity index (χ1v) is 13.0. The van der Waals surface area contributed by atoms with Gasteiger partial charge in [-0.2, -0.15) is 4.31 Å². The molecule has 1 fully saturated rings. The Kier molecular flexibility index (Phi) is 7.94. The molecule has 1 aliphatic heterocycles. The third-order valence-corrected chi connectivity index (χ3v) is 8.20. The molecule has 8 heteroatoms. The van der Waals surface area contributed by atoms with E-state index in [9.17, 15) is 13.5 Å². The van der Waals surface area contributed by atoms with Crippen molar-refractivity contribution >= 4 is 21.4 Å². The lowest BCUT2D eigenvalue weighted by Crippen LogP contribution is -2.38. The van der Waals surface area contributed by atoms with E-state index in [1.54, 1.807) is 30.3 Å². The molecule has 172 valence electrons. The lowest BCUT2D eigenvalue weighted by molar-refractivity contribution is -0.224. The fourth-order valence-corrected chi connectivity index (χ4v) is 6.03. The SMILES string of the molecule is CC(C)CCN(C(CO)c1csc(C2OCC(C)(C)CO2)c1)S(=O)(=O)c1ccccc1. The van der Waals surface area contributed by atoms with E-state index in [0.29, 0.717) is 32.1 Å². The molecule has 0 saturated carbocycles. The van der Waals surface area contributed by atoms with Gasteiger partial charge in [0.1, 0.15) is 0 Å². The summed E-state index contributed by atoms with van der Waals surface area (Å²) in [7, 11) is -3.77. The summed E-state index contributed by atoms with van der Waals surface area (Å²) in [5.74, 6) is 0.332. The number of hydrogen-bond donors (Lipinski definition) is 1. The molecule has 2 aromatic rings. The highest BCUT2D eigenvalue weighted by molar-refractivity contribution is 7.89. The molecule has 0 bridgehead atoms. The number of aliphatic hydroxyl groups excluding tert-OH is 1. The Morgan fingerprint density at radius 3 is 2.42 bits per heavy atom. The molecular weight excluding hydrogens is 434 g/mol. The minimum atomic E-state index is -3.77. The molecule has 0 amide bonds. The van der Waals surface area contributed by atoms with Crippen molar-refractivity contribution < 1.29 is 23.0 Å². The normalized spacial score (nSPS) is 18.5. The summed E-state index contributed by atoms with van der Waals surface area (Å²) in [5.41, 5.74) is 0.726. The Morgan fingerprint density at radius 2 is 1.84 bits per heavy atom. The summed E-state index contributed by atoms with van der Waals surface area (Å²) in [6.07, 6.45) is 0.240. The zero-order chi connectivity index (χ0) is 22.6. The summed E-state index contributed by atoms with van der Waals surface area (Å²) < 4.78 is 40.1. The van der Waals surface area contributed by atoms with Crippen molar-refractivity contribution in [3.63, 3.8) is 0 Å². The Labute approximate surface area is 189 Å². The molecule has 6 nitrogen and oxygen atoms in total. The Bertz CT molecular complexity index is 930. The maximum absolute atomic E-state index is 13.5. The number of rotatable bonds is 9. The van der Waals surface area contributed by atoms with Crippen molar-refractivity contribution in [3.8, 4) is 0 Å². The van der Waals surface area contributed by atoms with Gasteiger partial charge in [0.05, 0.1) is 35.6 Å². The van der Waals surface area contributed by atoms with Crippen LogP contribution in [-0.4, -0.2) is 44.2 Å². The van der Waals surface area contributed by atoms with Crippen molar-refractivity contribution in [2.75, 3.05) is 26.4 Å². The summed E-state index contributed by atoms with van der Waals surface area (Å²) in [5, 5.41) is 12.1. The Hall–Kier alpha value is -1.29. The average molecular weight is 468 g/mol. The summed E-state index contributed by atoms with van der Waals surface area (Å²) >= 11 is 1.47. The number of ether oxygens (including phenoxy) is 2. The van der Waals surface area contributed by atoms with Gasteiger partial charge in [0, 0.05) is 12.0 Å². The summed E-state index contributed by atoms with van der Waals surface area (Å²) in [4.78, 5) is 1.11. The van der Waals surface area contributed by atoms with Crippen molar-refractivity contribution in [3.05, 3.63) is 52.2 Å². The number of thiophene rings is 1. The topological polar surface area (TPSA) is 76.1 Å². The maximum Gasteiger partial charge on any atom is 0.243 e. The highest BCUT2D eigenvalue weighted by Gasteiger charge is 2.34. The van der Waals surface area contributed by atoms with Crippen LogP contribution in [0.25, 0.3) is 0 Å². The van der Waals surface area contributed by atoms with Crippen LogP contribution in [0, 0.1) is 11.3 Å². The van der Waals surface area contributed by atoms with Crippen molar-refractivity contribution in [1.29, 1.82) is 0 Å². The van der Waals surface area contributed by atoms with Gasteiger partial charge in [-0.05, 0) is 41.5 Å². The summed E-state index contributed by atoms with van der Waals surface area (Å²) in [6.45, 7) is 9.51. The molecule has 1 saturated heterocycles. The average Bonchev–Trinajstić information content (AvgIpc) is 3.21. The second-order valence-corrected chi connectivity index (χ2v) is 12.0. The molecular formula is C23H33NO5S2. The molecule has 0 spiro atoms. The van der Waals surface area contributed by atoms with Crippen LogP contribution in [0.2, 0.25) is 0 Å². The van der Waals surface area contributed by atoms with E-state index >= 15 is 0 Å². The molecule has 0 radical (unpaired) electrons. The van der Waals surface area contributed by atoms with Crippen LogP contribution in [0.3, 0.4) is 0 Å². The van der Waals surface area contributed by atoms with Crippen LogP contribution in [0.4, 0.5) is 0 Å². The van der Waals surface area contributed by atoms with E-state index in [1.807, 2.05) is 11.4 Å². The highest BCUT2D eigenvalue weighted by Crippen LogP contribution is 2.37. The van der Waals surface area contributed by atoms with E-state index in [1.165, 1.54) is 15.6 Å². The molecule has 3 rings (SSSR count). The van der Waals surface area contributed by atoms with Crippen molar-refractivity contribution in [2.24, 2.45) is 11.3 Å². The minimum Gasteiger partial charge on any atom is -0.394 e. The van der Waals surface area contributed by atoms with Crippen LogP contribution < -0.4 is 0 Å². The van der Waals surface area contributed by atoms with Crippen LogP contribution in [-0.2, 0) is 19.5 Å². The Morgan fingerprint density at radius 1 is 1.19 bits per heavy atom. The van der Waals surface area contributed by atoms with E-state index in [2.05, 4.69) is 27.7 Å². The molecule has 1 aromatic heterocycles. The summed E-state index contributed by atoms with van der Waals surface area (Å²) in [6, 6.07) is 9.63. The number of sulfonamides is 1. The van der Waals surface area contributed by atoms with Crippen molar-refractivity contribution in [1.82, 2.24) is 4.31 Å². The zero-order valence-electron chi connectivity index (χ0n) is 18.7. The first-order chi connectivity index (χ1) is 14.6. The largest absolute Gasteiger partial charge is 0.394 e. The van der Waals surface area contributed by atoms with Gasteiger partial charge in [0.2, 0.25) is 10.0 Å². The molecule has 1 aliphatic rings. The van der Waals surface area contributed by atoms with Gasteiger partial charge < -0.3 is 14.6 Å². The monoisotopic (exact) mass is 467 g/mol. The number of nitrogens with zero attached hydrogens (tertiary/aromatic N) is 1. The molecule has 2 heterocycles. The van der Waals surface area contributed by atoms with Crippen LogP contribution in [0.1, 0.15) is 56.9 Å². The fraction of sp³-hybridized carbons (Fsp3) is 0.565. The van der Waals surface area contributed by atoms with Gasteiger partial charge in [-0.1, -0.05) is 45.9 Å². The van der Waals surface area contributed by atoms with E-state index in [0.717, 1.165) is 10.4 Å². The van der Waals surface area contributed by atoms with Gasteiger partial charge in [-0.25, -0.2) is 8.42 Å². The van der Waals surface area contributed by atoms with E-state index < -0.39 is 22.4 Å². The van der Waals surface area contributed by atoms with Gasteiger partial charge in [0.15, 0.2) is 6.29 Å². The quantitative estimate of drug-likeness (QED) is 0.584. The molecule has 31 heavy (non-hydrogen) atoms. The lowest BCUT2D eigenvalue weighted by Gasteiger charge is -2.34. The number of benzene rings is 1. The Balaban J connectivity index is 1.88. The lowest BCUT2D eigenvalue weighted by atomic mass is 9.95. The maximum atomic E-state index is 13.5. The standard InChI is InChI=1S/C23H33NO5S2/c1-17(2)10-11-24(31(26,27)19-8-6-5-7-9-19)20(13-25)18-12-21(30-14-18)22-28-15-23(3,4)16-29-22/h5-9,12,14,17,20,22,25H,10-11,13,15-16H2,1-4H3. The fourth-order valence-electron chi connectivity index (χ4n) is 3.44. The van der Waals surface area contributed by atoms with Gasteiger partial charge in [-0.15, -0.1) is 11.3 Å². The second-order valence-electron chi connectivity index (χ2n) is 9.21.